The zero-order valence-corrected chi connectivity index (χ0v) is 12.6. The van der Waals surface area contributed by atoms with Gasteiger partial charge in [0, 0.05) is 31.1 Å². The average Bonchev–Trinajstić information content (AvgIpc) is 3.00. The van der Waals surface area contributed by atoms with Crippen LogP contribution >= 0.6 is 0 Å². The summed E-state index contributed by atoms with van der Waals surface area (Å²) in [5.41, 5.74) is 6.01. The number of nitrogens with one attached hydrogen (secondary N) is 2. The summed E-state index contributed by atoms with van der Waals surface area (Å²) < 4.78 is 13.5. The van der Waals surface area contributed by atoms with Crippen LogP contribution in [0.2, 0.25) is 0 Å². The van der Waals surface area contributed by atoms with Gasteiger partial charge in [-0.1, -0.05) is 18.2 Å². The van der Waals surface area contributed by atoms with Crippen LogP contribution in [0.1, 0.15) is 18.4 Å². The maximum atomic E-state index is 13.5. The summed E-state index contributed by atoms with van der Waals surface area (Å²) in [7, 11) is 0. The van der Waals surface area contributed by atoms with Crippen LogP contribution < -0.4 is 16.0 Å². The van der Waals surface area contributed by atoms with Crippen LogP contribution in [-0.2, 0) is 11.3 Å². The van der Waals surface area contributed by atoms with E-state index in [1.54, 1.807) is 18.2 Å². The van der Waals surface area contributed by atoms with Gasteiger partial charge in [-0.15, -0.1) is 5.10 Å². The lowest BCUT2D eigenvalue weighted by atomic mass is 9.96. The van der Waals surface area contributed by atoms with E-state index in [9.17, 15) is 9.18 Å². The molecule has 1 amide bonds. The number of benzene rings is 1. The van der Waals surface area contributed by atoms with Crippen LogP contribution in [-0.4, -0.2) is 34.2 Å². The van der Waals surface area contributed by atoms with Gasteiger partial charge in [-0.3, -0.25) is 4.79 Å². The molecule has 4 N–H and O–H groups in total. The van der Waals surface area contributed by atoms with Crippen LogP contribution in [0.25, 0.3) is 0 Å². The summed E-state index contributed by atoms with van der Waals surface area (Å²) in [5.74, 6) is 0.430. The molecule has 7 nitrogen and oxygen atoms in total. The molecule has 3 rings (SSSR count). The number of H-pyrrole nitrogens is 1. The molecule has 2 aromatic rings. The van der Waals surface area contributed by atoms with Crippen LogP contribution in [0.15, 0.2) is 24.3 Å². The first kappa shape index (κ1) is 15.3. The van der Waals surface area contributed by atoms with Crippen molar-refractivity contribution < 1.29 is 9.18 Å². The van der Waals surface area contributed by atoms with Crippen molar-refractivity contribution in [2.24, 2.45) is 5.92 Å². The fraction of sp³-hybridized carbons (Fsp3) is 0.400. The van der Waals surface area contributed by atoms with E-state index in [1.807, 2.05) is 4.90 Å². The van der Waals surface area contributed by atoms with Crippen LogP contribution in [0, 0.1) is 11.7 Å². The van der Waals surface area contributed by atoms with Gasteiger partial charge in [0.05, 0.1) is 0 Å². The van der Waals surface area contributed by atoms with Crippen molar-refractivity contribution in [3.05, 3.63) is 35.6 Å². The van der Waals surface area contributed by atoms with Crippen molar-refractivity contribution in [1.29, 1.82) is 0 Å². The van der Waals surface area contributed by atoms with Gasteiger partial charge in [0.1, 0.15) is 5.82 Å². The molecule has 2 heterocycles. The Hall–Kier alpha value is -2.64. The molecule has 8 heteroatoms. The van der Waals surface area contributed by atoms with Crippen LogP contribution in [0.3, 0.4) is 0 Å². The second kappa shape index (κ2) is 6.64. The SMILES string of the molecule is Nc1nc(N2CCC(C(=O)NCc3ccccc3F)CC2)n[nH]1. The molecule has 0 bridgehead atoms. The molecule has 0 unspecified atom stereocenters. The molecule has 0 radical (unpaired) electrons. The molecule has 1 aromatic heterocycles. The van der Waals surface area contributed by atoms with E-state index in [0.29, 0.717) is 37.4 Å². The summed E-state index contributed by atoms with van der Waals surface area (Å²) in [6.07, 6.45) is 1.41. The number of hydrogen-bond acceptors (Lipinski definition) is 5. The van der Waals surface area contributed by atoms with Gasteiger partial charge in [0.2, 0.25) is 17.8 Å². The quantitative estimate of drug-likeness (QED) is 0.783. The predicted molar refractivity (Wildman–Crippen MR) is 84.0 cm³/mol. The molecule has 0 aliphatic carbocycles. The Morgan fingerprint density at radius 3 is 2.78 bits per heavy atom. The second-order valence-electron chi connectivity index (χ2n) is 5.59. The highest BCUT2D eigenvalue weighted by molar-refractivity contribution is 5.78. The van der Waals surface area contributed by atoms with Gasteiger partial charge in [-0.25, -0.2) is 9.49 Å². The second-order valence-corrected chi connectivity index (χ2v) is 5.59. The molecular weight excluding hydrogens is 299 g/mol. The first-order valence-corrected chi connectivity index (χ1v) is 7.57. The molecule has 1 saturated heterocycles. The normalized spacial score (nSPS) is 15.6. The van der Waals surface area contributed by atoms with E-state index >= 15 is 0 Å². The van der Waals surface area contributed by atoms with Crippen molar-refractivity contribution in [3.8, 4) is 0 Å². The molecule has 0 saturated carbocycles. The average molecular weight is 318 g/mol. The summed E-state index contributed by atoms with van der Waals surface area (Å²) in [6.45, 7) is 1.59. The number of aromatic amines is 1. The molecule has 1 fully saturated rings. The topological polar surface area (TPSA) is 99.9 Å². The highest BCUT2D eigenvalue weighted by Gasteiger charge is 2.26. The number of halogens is 1. The number of carbonyl (C=O) groups is 1. The number of rotatable bonds is 4. The lowest BCUT2D eigenvalue weighted by molar-refractivity contribution is -0.125. The Morgan fingerprint density at radius 2 is 2.13 bits per heavy atom. The highest BCUT2D eigenvalue weighted by Crippen LogP contribution is 2.21. The summed E-state index contributed by atoms with van der Waals surface area (Å²) in [4.78, 5) is 18.3. The Labute approximate surface area is 133 Å². The Morgan fingerprint density at radius 1 is 1.39 bits per heavy atom. The molecule has 23 heavy (non-hydrogen) atoms. The molecule has 0 spiro atoms. The minimum atomic E-state index is -0.301. The third-order valence-electron chi connectivity index (χ3n) is 4.05. The summed E-state index contributed by atoms with van der Waals surface area (Å²) in [5, 5.41) is 9.43. The van der Waals surface area contributed by atoms with Crippen molar-refractivity contribution >= 4 is 17.8 Å². The van der Waals surface area contributed by atoms with Crippen molar-refractivity contribution in [2.75, 3.05) is 23.7 Å². The van der Waals surface area contributed by atoms with Crippen molar-refractivity contribution in [2.45, 2.75) is 19.4 Å². The van der Waals surface area contributed by atoms with E-state index < -0.39 is 0 Å². The number of nitrogens with two attached hydrogens (primary N) is 1. The molecule has 0 atom stereocenters. The maximum Gasteiger partial charge on any atom is 0.246 e. The summed E-state index contributed by atoms with van der Waals surface area (Å²) in [6, 6.07) is 6.45. The van der Waals surface area contributed by atoms with Gasteiger partial charge in [0.25, 0.3) is 0 Å². The fourth-order valence-corrected chi connectivity index (χ4v) is 2.72. The van der Waals surface area contributed by atoms with Gasteiger partial charge in [0.15, 0.2) is 0 Å². The zero-order chi connectivity index (χ0) is 16.2. The fourth-order valence-electron chi connectivity index (χ4n) is 2.72. The van der Waals surface area contributed by atoms with Gasteiger partial charge in [-0.05, 0) is 18.9 Å². The monoisotopic (exact) mass is 318 g/mol. The summed E-state index contributed by atoms with van der Waals surface area (Å²) >= 11 is 0. The minimum Gasteiger partial charge on any atom is -0.368 e. The zero-order valence-electron chi connectivity index (χ0n) is 12.6. The minimum absolute atomic E-state index is 0.0394. The first-order chi connectivity index (χ1) is 11.1. The molecule has 122 valence electrons. The third kappa shape index (κ3) is 3.58. The smallest absolute Gasteiger partial charge is 0.246 e. The number of carbonyl (C=O) groups excluding carboxylic acids is 1. The number of anilines is 2. The van der Waals surface area contributed by atoms with Gasteiger partial charge < -0.3 is 16.0 Å². The number of nitrogens with zero attached hydrogens (tertiary/aromatic N) is 3. The Kier molecular flexibility index (Phi) is 4.40. The van der Waals surface area contributed by atoms with E-state index in [0.717, 1.165) is 0 Å². The molecule has 1 aliphatic heterocycles. The standard InChI is InChI=1S/C15H19FN6O/c16-12-4-2-1-3-11(12)9-18-13(23)10-5-7-22(8-6-10)15-19-14(17)20-21-15/h1-4,10H,5-9H2,(H,18,23)(H3,17,19,20,21). The lowest BCUT2D eigenvalue weighted by Gasteiger charge is -2.30. The molecule has 1 aromatic carbocycles. The number of aromatic nitrogens is 3. The Bertz CT molecular complexity index is 680. The number of piperidine rings is 1. The van der Waals surface area contributed by atoms with Crippen molar-refractivity contribution in [3.63, 3.8) is 0 Å². The van der Waals surface area contributed by atoms with Gasteiger partial charge in [-0.2, -0.15) is 4.98 Å². The number of nitrogen functional groups attached to an aromatic ring is 1. The maximum absolute atomic E-state index is 13.5. The van der Waals surface area contributed by atoms with Crippen LogP contribution in [0.5, 0.6) is 0 Å². The first-order valence-electron chi connectivity index (χ1n) is 7.57. The third-order valence-corrected chi connectivity index (χ3v) is 4.05. The predicted octanol–water partition coefficient (Wildman–Crippen LogP) is 1.06. The van der Waals surface area contributed by atoms with Crippen molar-refractivity contribution in [1.82, 2.24) is 20.5 Å². The largest absolute Gasteiger partial charge is 0.368 e. The van der Waals surface area contributed by atoms with E-state index in [1.165, 1.54) is 6.07 Å². The van der Waals surface area contributed by atoms with Gasteiger partial charge >= 0.3 is 0 Å². The Balaban J connectivity index is 1.49. The van der Waals surface area contributed by atoms with Crippen LogP contribution in [0.4, 0.5) is 16.3 Å². The van der Waals surface area contributed by atoms with E-state index in [4.69, 9.17) is 5.73 Å². The number of hydrogen-bond donors (Lipinski definition) is 3. The molecule has 1 aliphatic rings. The lowest BCUT2D eigenvalue weighted by Crippen LogP contribution is -2.40. The van der Waals surface area contributed by atoms with E-state index in [-0.39, 0.29) is 30.1 Å². The van der Waals surface area contributed by atoms with E-state index in [2.05, 4.69) is 20.5 Å². The highest BCUT2D eigenvalue weighted by atomic mass is 19.1. The number of amides is 1. The molecular formula is C15H19FN6O.